The number of anilines is 2. The Morgan fingerprint density at radius 3 is 2.44 bits per heavy atom. The van der Waals surface area contributed by atoms with Gasteiger partial charge in [-0.25, -0.2) is 9.97 Å². The van der Waals surface area contributed by atoms with Crippen LogP contribution in [0.3, 0.4) is 0 Å². The second kappa shape index (κ2) is 5.67. The molecule has 5 heteroatoms. The van der Waals surface area contributed by atoms with E-state index in [1.54, 1.807) is 6.07 Å². The smallest absolute Gasteiger partial charge is 0.135 e. The first kappa shape index (κ1) is 13.3. The Hall–Kier alpha value is -1.13. The van der Waals surface area contributed by atoms with Crippen molar-refractivity contribution in [2.24, 2.45) is 0 Å². The molecule has 0 aliphatic heterocycles. The lowest BCUT2D eigenvalue weighted by molar-refractivity contribution is 0.776. The van der Waals surface area contributed by atoms with Gasteiger partial charge in [0.1, 0.15) is 16.8 Å². The van der Waals surface area contributed by atoms with Crippen LogP contribution in [0.4, 0.5) is 11.5 Å². The van der Waals surface area contributed by atoms with Gasteiger partial charge in [0, 0.05) is 22.1 Å². The molecule has 3 nitrogen and oxygen atoms in total. The lowest BCUT2D eigenvalue weighted by atomic mass is 10.2. The molecular formula is C13H13BrClN3. The molecule has 0 atom stereocenters. The van der Waals surface area contributed by atoms with E-state index in [1.807, 2.05) is 38.1 Å². The summed E-state index contributed by atoms with van der Waals surface area (Å²) < 4.78 is 1.04. The second-order valence-electron chi connectivity index (χ2n) is 4.22. The van der Waals surface area contributed by atoms with Gasteiger partial charge in [0.05, 0.1) is 0 Å². The van der Waals surface area contributed by atoms with Gasteiger partial charge in [-0.3, -0.25) is 0 Å². The van der Waals surface area contributed by atoms with Crippen molar-refractivity contribution in [2.45, 2.75) is 19.8 Å². The highest BCUT2D eigenvalue weighted by Crippen LogP contribution is 2.21. The minimum Gasteiger partial charge on any atom is -0.340 e. The quantitative estimate of drug-likeness (QED) is 0.826. The molecule has 18 heavy (non-hydrogen) atoms. The van der Waals surface area contributed by atoms with E-state index in [-0.39, 0.29) is 5.92 Å². The Labute approximate surface area is 120 Å². The lowest BCUT2D eigenvalue weighted by Crippen LogP contribution is -2.02. The second-order valence-corrected chi connectivity index (χ2v) is 5.52. The third-order valence-electron chi connectivity index (χ3n) is 2.35. The fourth-order valence-electron chi connectivity index (χ4n) is 1.44. The van der Waals surface area contributed by atoms with Gasteiger partial charge < -0.3 is 5.32 Å². The Balaban J connectivity index is 2.26. The SMILES string of the molecule is CC(C)c1nc(Cl)cc(Nc2ccc(Br)cc2)n1. The molecule has 1 aromatic heterocycles. The Bertz CT molecular complexity index is 540. The topological polar surface area (TPSA) is 37.8 Å². The van der Waals surface area contributed by atoms with Crippen molar-refractivity contribution >= 4 is 39.0 Å². The molecule has 2 aromatic rings. The maximum atomic E-state index is 5.99. The van der Waals surface area contributed by atoms with Crippen LogP contribution in [0.1, 0.15) is 25.6 Å². The molecule has 0 saturated carbocycles. The molecule has 0 fully saturated rings. The van der Waals surface area contributed by atoms with Crippen LogP contribution in [0.5, 0.6) is 0 Å². The van der Waals surface area contributed by atoms with E-state index in [2.05, 4.69) is 31.2 Å². The number of halogens is 2. The van der Waals surface area contributed by atoms with Gasteiger partial charge in [-0.05, 0) is 24.3 Å². The Kier molecular flexibility index (Phi) is 4.19. The number of hydrogen-bond donors (Lipinski definition) is 1. The van der Waals surface area contributed by atoms with Crippen molar-refractivity contribution in [1.82, 2.24) is 9.97 Å². The molecule has 2 rings (SSSR count). The predicted molar refractivity (Wildman–Crippen MR) is 78.6 cm³/mol. The van der Waals surface area contributed by atoms with Crippen molar-refractivity contribution < 1.29 is 0 Å². The van der Waals surface area contributed by atoms with Crippen LogP contribution < -0.4 is 5.32 Å². The standard InChI is InChI=1S/C13H13BrClN3/c1-8(2)13-17-11(15)7-12(18-13)16-10-5-3-9(14)4-6-10/h3-8H,1-2H3,(H,16,17,18). The van der Waals surface area contributed by atoms with Crippen molar-refractivity contribution in [1.29, 1.82) is 0 Å². The molecule has 0 bridgehead atoms. The van der Waals surface area contributed by atoms with Crippen LogP contribution in [-0.4, -0.2) is 9.97 Å². The summed E-state index contributed by atoms with van der Waals surface area (Å²) in [5.74, 6) is 1.69. The van der Waals surface area contributed by atoms with Crippen molar-refractivity contribution in [3.05, 3.63) is 45.8 Å². The molecule has 0 spiro atoms. The third kappa shape index (κ3) is 3.43. The van der Waals surface area contributed by atoms with Gasteiger partial charge >= 0.3 is 0 Å². The summed E-state index contributed by atoms with van der Waals surface area (Å²) in [6.45, 7) is 4.07. The zero-order valence-electron chi connectivity index (χ0n) is 10.1. The minimum absolute atomic E-state index is 0.245. The molecule has 1 heterocycles. The molecule has 0 amide bonds. The zero-order chi connectivity index (χ0) is 13.1. The average molecular weight is 327 g/mol. The Morgan fingerprint density at radius 1 is 1.17 bits per heavy atom. The maximum absolute atomic E-state index is 5.99. The Morgan fingerprint density at radius 2 is 1.83 bits per heavy atom. The zero-order valence-corrected chi connectivity index (χ0v) is 12.5. The van der Waals surface area contributed by atoms with Gasteiger partial charge in [0.25, 0.3) is 0 Å². The van der Waals surface area contributed by atoms with E-state index in [1.165, 1.54) is 0 Å². The number of benzene rings is 1. The summed E-state index contributed by atoms with van der Waals surface area (Å²) in [5, 5.41) is 3.66. The fourth-order valence-corrected chi connectivity index (χ4v) is 1.89. The summed E-state index contributed by atoms with van der Waals surface area (Å²) in [6.07, 6.45) is 0. The molecule has 0 radical (unpaired) electrons. The van der Waals surface area contributed by atoms with Crippen molar-refractivity contribution in [3.63, 3.8) is 0 Å². The van der Waals surface area contributed by atoms with Gasteiger partial charge in [0.2, 0.25) is 0 Å². The number of aromatic nitrogens is 2. The molecule has 0 aliphatic rings. The van der Waals surface area contributed by atoms with Crippen LogP contribution in [-0.2, 0) is 0 Å². The predicted octanol–water partition coefficient (Wildman–Crippen LogP) is 4.76. The van der Waals surface area contributed by atoms with Crippen molar-refractivity contribution in [2.75, 3.05) is 5.32 Å². The van der Waals surface area contributed by atoms with Crippen LogP contribution in [0, 0.1) is 0 Å². The van der Waals surface area contributed by atoms with Crippen molar-refractivity contribution in [3.8, 4) is 0 Å². The number of rotatable bonds is 3. The normalized spacial score (nSPS) is 10.7. The van der Waals surface area contributed by atoms with E-state index >= 15 is 0 Å². The van der Waals surface area contributed by atoms with Gasteiger partial charge in [-0.15, -0.1) is 0 Å². The van der Waals surface area contributed by atoms with Crippen LogP contribution in [0.2, 0.25) is 5.15 Å². The summed E-state index contributed by atoms with van der Waals surface area (Å²) in [6, 6.07) is 9.59. The highest BCUT2D eigenvalue weighted by Gasteiger charge is 2.07. The summed E-state index contributed by atoms with van der Waals surface area (Å²) in [5.41, 5.74) is 0.961. The first-order chi connectivity index (χ1) is 8.54. The van der Waals surface area contributed by atoms with Crippen LogP contribution >= 0.6 is 27.5 Å². The summed E-state index contributed by atoms with van der Waals surface area (Å²) >= 11 is 9.39. The molecular weight excluding hydrogens is 314 g/mol. The number of hydrogen-bond acceptors (Lipinski definition) is 3. The van der Waals surface area contributed by atoms with Crippen LogP contribution in [0.25, 0.3) is 0 Å². The highest BCUT2D eigenvalue weighted by atomic mass is 79.9. The molecule has 94 valence electrons. The average Bonchev–Trinajstić information content (AvgIpc) is 2.31. The van der Waals surface area contributed by atoms with E-state index in [9.17, 15) is 0 Å². The van der Waals surface area contributed by atoms with Gasteiger partial charge in [-0.2, -0.15) is 0 Å². The van der Waals surface area contributed by atoms with E-state index in [0.29, 0.717) is 11.0 Å². The summed E-state index contributed by atoms with van der Waals surface area (Å²) in [4.78, 5) is 8.63. The minimum atomic E-state index is 0.245. The summed E-state index contributed by atoms with van der Waals surface area (Å²) in [7, 11) is 0. The lowest BCUT2D eigenvalue weighted by Gasteiger charge is -2.09. The first-order valence-electron chi connectivity index (χ1n) is 5.61. The first-order valence-corrected chi connectivity index (χ1v) is 6.79. The monoisotopic (exact) mass is 325 g/mol. The molecule has 0 aliphatic carbocycles. The molecule has 1 N–H and O–H groups in total. The van der Waals surface area contributed by atoms with E-state index in [4.69, 9.17) is 11.6 Å². The largest absolute Gasteiger partial charge is 0.340 e. The molecule has 0 unspecified atom stereocenters. The van der Waals surface area contributed by atoms with E-state index < -0.39 is 0 Å². The van der Waals surface area contributed by atoms with Gasteiger partial charge in [-0.1, -0.05) is 41.4 Å². The highest BCUT2D eigenvalue weighted by molar-refractivity contribution is 9.10. The number of nitrogens with zero attached hydrogens (tertiary/aromatic N) is 2. The van der Waals surface area contributed by atoms with Gasteiger partial charge in [0.15, 0.2) is 0 Å². The third-order valence-corrected chi connectivity index (χ3v) is 3.07. The molecule has 0 saturated heterocycles. The molecule has 1 aromatic carbocycles. The van der Waals surface area contributed by atoms with Crippen LogP contribution in [0.15, 0.2) is 34.8 Å². The number of nitrogens with one attached hydrogen (secondary N) is 1. The maximum Gasteiger partial charge on any atom is 0.135 e. The fraction of sp³-hybridized carbons (Fsp3) is 0.231. The van der Waals surface area contributed by atoms with E-state index in [0.717, 1.165) is 16.0 Å².